The Bertz CT molecular complexity index is 1350. The first kappa shape index (κ1) is 28.7. The molecule has 2 amide bonds. The predicted molar refractivity (Wildman–Crippen MR) is 157 cm³/mol. The first-order chi connectivity index (χ1) is 19.9. The number of carbonyl (C=O) groups excluding carboxylic acids is 3. The third-order valence-electron chi connectivity index (χ3n) is 8.18. The maximum absolute atomic E-state index is 13.7. The van der Waals surface area contributed by atoms with Crippen molar-refractivity contribution in [2.24, 2.45) is 5.73 Å². The molecule has 1 aliphatic carbocycles. The number of ketones is 1. The number of hydrogen-bond donors (Lipinski definition) is 4. The summed E-state index contributed by atoms with van der Waals surface area (Å²) in [7, 11) is 0. The average molecular weight is 555 g/mol. The van der Waals surface area contributed by atoms with Crippen LogP contribution in [-0.4, -0.2) is 58.5 Å². The Balaban J connectivity index is 1.26. The molecule has 0 aromatic heterocycles. The van der Waals surface area contributed by atoms with Gasteiger partial charge in [0.25, 0.3) is 0 Å². The molecule has 0 saturated carbocycles. The summed E-state index contributed by atoms with van der Waals surface area (Å²) in [6.45, 7) is 0.605. The number of aliphatic hydroxyl groups excluding tert-OH is 1. The maximum Gasteiger partial charge on any atom is 0.242 e. The molecule has 0 spiro atoms. The van der Waals surface area contributed by atoms with Crippen molar-refractivity contribution in [3.8, 4) is 0 Å². The van der Waals surface area contributed by atoms with Gasteiger partial charge >= 0.3 is 0 Å². The van der Waals surface area contributed by atoms with Gasteiger partial charge in [-0.2, -0.15) is 0 Å². The highest BCUT2D eigenvalue weighted by Crippen LogP contribution is 2.27. The lowest BCUT2D eigenvalue weighted by molar-refractivity contribution is -0.137. The number of rotatable bonds is 11. The van der Waals surface area contributed by atoms with Crippen molar-refractivity contribution in [3.05, 3.63) is 107 Å². The van der Waals surface area contributed by atoms with E-state index in [0.717, 1.165) is 24.0 Å². The van der Waals surface area contributed by atoms with Crippen LogP contribution in [0.2, 0.25) is 0 Å². The molecule has 3 atom stereocenters. The number of carbonyl (C=O) groups is 3. The van der Waals surface area contributed by atoms with Crippen molar-refractivity contribution in [2.75, 3.05) is 6.54 Å². The van der Waals surface area contributed by atoms with Gasteiger partial charge in [-0.15, -0.1) is 0 Å². The summed E-state index contributed by atoms with van der Waals surface area (Å²) in [6, 6.07) is 23.5. The molecule has 8 heteroatoms. The molecule has 0 saturated heterocycles. The van der Waals surface area contributed by atoms with E-state index in [0.29, 0.717) is 24.9 Å². The average Bonchev–Trinajstić information content (AvgIpc) is 3.41. The Kier molecular flexibility index (Phi) is 9.24. The molecule has 41 heavy (non-hydrogen) atoms. The van der Waals surface area contributed by atoms with Gasteiger partial charge in [-0.1, -0.05) is 78.9 Å². The van der Waals surface area contributed by atoms with Gasteiger partial charge in [0, 0.05) is 24.6 Å². The number of fused-ring (bicyclic) bond motifs is 2. The normalized spacial score (nSPS) is 18.1. The largest absolute Gasteiger partial charge is 0.378 e. The van der Waals surface area contributed by atoms with E-state index in [4.69, 9.17) is 5.73 Å². The van der Waals surface area contributed by atoms with Crippen LogP contribution < -0.4 is 16.4 Å². The third kappa shape index (κ3) is 6.90. The molecule has 0 radical (unpaired) electrons. The monoisotopic (exact) mass is 554 g/mol. The smallest absolute Gasteiger partial charge is 0.242 e. The van der Waals surface area contributed by atoms with Crippen LogP contribution in [0.1, 0.15) is 51.9 Å². The van der Waals surface area contributed by atoms with Gasteiger partial charge in [0.2, 0.25) is 11.8 Å². The summed E-state index contributed by atoms with van der Waals surface area (Å²) >= 11 is 0. The molecule has 0 fully saturated rings. The highest BCUT2D eigenvalue weighted by molar-refractivity contribution is 5.96. The zero-order valence-corrected chi connectivity index (χ0v) is 23.2. The van der Waals surface area contributed by atoms with Crippen LogP contribution in [0, 0.1) is 0 Å². The number of hydrogen-bond acceptors (Lipinski definition) is 6. The molecule has 5 rings (SSSR count). The van der Waals surface area contributed by atoms with Crippen molar-refractivity contribution >= 4 is 17.6 Å². The van der Waals surface area contributed by atoms with Gasteiger partial charge in [0.15, 0.2) is 5.78 Å². The fourth-order valence-corrected chi connectivity index (χ4v) is 5.96. The summed E-state index contributed by atoms with van der Waals surface area (Å²) in [4.78, 5) is 41.5. The number of nitrogens with one attached hydrogen (secondary N) is 2. The topological polar surface area (TPSA) is 125 Å². The lowest BCUT2D eigenvalue weighted by Crippen LogP contribution is -2.58. The molecule has 5 N–H and O–H groups in total. The van der Waals surface area contributed by atoms with Gasteiger partial charge < -0.3 is 21.5 Å². The first-order valence-electron chi connectivity index (χ1n) is 14.4. The lowest BCUT2D eigenvalue weighted by atomic mass is 9.92. The minimum absolute atomic E-state index is 0.0286. The van der Waals surface area contributed by atoms with E-state index in [1.165, 1.54) is 11.1 Å². The Morgan fingerprint density at radius 2 is 1.41 bits per heavy atom. The second kappa shape index (κ2) is 13.2. The predicted octanol–water partition coefficient (Wildman–Crippen LogP) is 2.51. The van der Waals surface area contributed by atoms with Crippen LogP contribution in [-0.2, 0) is 35.4 Å². The summed E-state index contributed by atoms with van der Waals surface area (Å²) in [5, 5.41) is 17.3. The number of aliphatic hydroxyl groups is 1. The van der Waals surface area contributed by atoms with E-state index >= 15 is 0 Å². The van der Waals surface area contributed by atoms with E-state index in [1.54, 1.807) is 17.0 Å². The Labute approximate surface area is 240 Å². The van der Waals surface area contributed by atoms with Gasteiger partial charge in [0.1, 0.15) is 12.3 Å². The fraction of sp³-hybridized carbons (Fsp3) is 0.364. The molecule has 3 aromatic carbocycles. The van der Waals surface area contributed by atoms with E-state index < -0.39 is 18.3 Å². The molecular weight excluding hydrogens is 516 g/mol. The second-order valence-electron chi connectivity index (χ2n) is 11.0. The number of benzene rings is 3. The van der Waals surface area contributed by atoms with Crippen LogP contribution in [0.5, 0.6) is 0 Å². The Hall–Kier alpha value is -3.85. The number of amides is 2. The number of nitrogens with two attached hydrogens (primary N) is 1. The standard InChI is InChI=1S/C33H38N4O4/c34-17-16-28(32(40)35-27-18-23-10-4-5-11-24(23)19-27)36-33(41)29-20-25-12-6-7-13-26(25)21-37(29)31(39)15-14-30(38)22-8-2-1-3-9-22/h1-13,27-29,31,39H,14-21,34H2,(H,35,40)(H,36,41)/t28-,29-,31?/m0/s1. The molecule has 3 aromatic rings. The van der Waals surface area contributed by atoms with Crippen molar-refractivity contribution in [1.82, 2.24) is 15.5 Å². The van der Waals surface area contributed by atoms with Gasteiger partial charge in [-0.05, 0) is 60.9 Å². The van der Waals surface area contributed by atoms with Crippen LogP contribution in [0.4, 0.5) is 0 Å². The van der Waals surface area contributed by atoms with Crippen LogP contribution in [0.15, 0.2) is 78.9 Å². The Morgan fingerprint density at radius 1 is 0.829 bits per heavy atom. The molecule has 1 aliphatic heterocycles. The summed E-state index contributed by atoms with van der Waals surface area (Å²) < 4.78 is 0. The van der Waals surface area contributed by atoms with E-state index in [2.05, 4.69) is 22.8 Å². The fourth-order valence-electron chi connectivity index (χ4n) is 5.96. The number of Topliss-reactive ketones (excluding diaryl/α,β-unsaturated/α-hetero) is 1. The van der Waals surface area contributed by atoms with Crippen molar-refractivity contribution in [3.63, 3.8) is 0 Å². The van der Waals surface area contributed by atoms with E-state index in [-0.39, 0.29) is 43.0 Å². The Morgan fingerprint density at radius 3 is 2.05 bits per heavy atom. The van der Waals surface area contributed by atoms with Crippen molar-refractivity contribution < 1.29 is 19.5 Å². The summed E-state index contributed by atoms with van der Waals surface area (Å²) in [5.41, 5.74) is 11.0. The van der Waals surface area contributed by atoms with E-state index in [1.807, 2.05) is 54.6 Å². The van der Waals surface area contributed by atoms with E-state index in [9.17, 15) is 19.5 Å². The molecule has 0 bridgehead atoms. The van der Waals surface area contributed by atoms with Crippen LogP contribution >= 0.6 is 0 Å². The molecular formula is C33H38N4O4. The van der Waals surface area contributed by atoms with Gasteiger partial charge in [-0.3, -0.25) is 19.3 Å². The summed E-state index contributed by atoms with van der Waals surface area (Å²) in [5.74, 6) is -0.647. The molecule has 1 unspecified atom stereocenters. The quantitative estimate of drug-likeness (QED) is 0.270. The maximum atomic E-state index is 13.7. The minimum atomic E-state index is -1.01. The van der Waals surface area contributed by atoms with Crippen LogP contribution in [0.25, 0.3) is 0 Å². The van der Waals surface area contributed by atoms with Crippen molar-refractivity contribution in [1.29, 1.82) is 0 Å². The third-order valence-corrected chi connectivity index (χ3v) is 8.18. The first-order valence-corrected chi connectivity index (χ1v) is 14.4. The second-order valence-corrected chi connectivity index (χ2v) is 11.0. The highest BCUT2D eigenvalue weighted by atomic mass is 16.3. The van der Waals surface area contributed by atoms with Crippen molar-refractivity contribution in [2.45, 2.75) is 69.4 Å². The zero-order valence-electron chi connectivity index (χ0n) is 23.2. The molecule has 8 nitrogen and oxygen atoms in total. The molecule has 1 heterocycles. The van der Waals surface area contributed by atoms with Gasteiger partial charge in [0.05, 0.1) is 6.04 Å². The lowest BCUT2D eigenvalue weighted by Gasteiger charge is -2.39. The minimum Gasteiger partial charge on any atom is -0.378 e. The SMILES string of the molecule is NCC[C@H](NC(=O)[C@@H]1Cc2ccccc2CN1C(O)CCC(=O)c1ccccc1)C(=O)NC1Cc2ccccc2C1. The highest BCUT2D eigenvalue weighted by Gasteiger charge is 2.37. The molecule has 214 valence electrons. The zero-order chi connectivity index (χ0) is 28.8. The van der Waals surface area contributed by atoms with Crippen LogP contribution in [0.3, 0.4) is 0 Å². The van der Waals surface area contributed by atoms with Gasteiger partial charge in [-0.25, -0.2) is 0 Å². The molecule has 2 aliphatic rings. The number of nitrogens with zero attached hydrogens (tertiary/aromatic N) is 1. The summed E-state index contributed by atoms with van der Waals surface area (Å²) in [6.07, 6.45) is 1.54.